The Balaban J connectivity index is 0.00000176. The SMILES string of the molecule is COc1ccc(-c2n(C)c3ccccc3[n+]2C)cc1OC.[Cl-]. The Bertz CT molecular complexity index is 773. The highest BCUT2D eigenvalue weighted by atomic mass is 35.5. The van der Waals surface area contributed by atoms with Gasteiger partial charge in [-0.3, -0.25) is 0 Å². The number of rotatable bonds is 3. The van der Waals surface area contributed by atoms with E-state index in [0.29, 0.717) is 0 Å². The molecule has 0 aliphatic carbocycles. The van der Waals surface area contributed by atoms with Crippen LogP contribution in [0.3, 0.4) is 0 Å². The van der Waals surface area contributed by atoms with Gasteiger partial charge in [0.1, 0.15) is 0 Å². The molecule has 3 aromatic rings. The number of hydrogen-bond donors (Lipinski definition) is 0. The van der Waals surface area contributed by atoms with Gasteiger partial charge in [0, 0.05) is 0 Å². The van der Waals surface area contributed by atoms with Gasteiger partial charge in [-0.25, -0.2) is 9.13 Å². The zero-order valence-electron chi connectivity index (χ0n) is 13.1. The van der Waals surface area contributed by atoms with Crippen molar-refractivity contribution < 1.29 is 26.4 Å². The smallest absolute Gasteiger partial charge is 0.289 e. The molecule has 1 heterocycles. The standard InChI is InChI=1S/C17H19N2O2.ClH/c1-18-13-7-5-6-8-14(13)19(2)17(18)12-9-10-15(20-3)16(11-12)21-4;/h5-11H,1-4H3;1H/q+1;/p-1. The predicted molar refractivity (Wildman–Crippen MR) is 82.6 cm³/mol. The van der Waals surface area contributed by atoms with E-state index in [2.05, 4.69) is 53.6 Å². The number of nitrogens with zero attached hydrogens (tertiary/aromatic N) is 2. The van der Waals surface area contributed by atoms with Gasteiger partial charge in [0.05, 0.1) is 33.9 Å². The average Bonchev–Trinajstić information content (AvgIpc) is 2.78. The van der Waals surface area contributed by atoms with E-state index in [1.165, 1.54) is 11.0 Å². The molecule has 0 aliphatic heterocycles. The summed E-state index contributed by atoms with van der Waals surface area (Å²) in [7, 11) is 7.46. The Morgan fingerprint density at radius 1 is 0.955 bits per heavy atom. The number of benzene rings is 2. The van der Waals surface area contributed by atoms with E-state index in [9.17, 15) is 0 Å². The molecule has 0 atom stereocenters. The third kappa shape index (κ3) is 2.40. The van der Waals surface area contributed by atoms with Gasteiger partial charge in [-0.15, -0.1) is 0 Å². The lowest BCUT2D eigenvalue weighted by atomic mass is 10.2. The predicted octanol–water partition coefficient (Wildman–Crippen LogP) is -0.309. The highest BCUT2D eigenvalue weighted by molar-refractivity contribution is 5.76. The molecule has 4 nitrogen and oxygen atoms in total. The Hall–Kier alpha value is -2.20. The summed E-state index contributed by atoms with van der Waals surface area (Å²) in [4.78, 5) is 0. The Labute approximate surface area is 136 Å². The number of hydrogen-bond acceptors (Lipinski definition) is 2. The van der Waals surface area contributed by atoms with Crippen molar-refractivity contribution in [1.29, 1.82) is 0 Å². The molecule has 116 valence electrons. The van der Waals surface area contributed by atoms with Crippen LogP contribution >= 0.6 is 0 Å². The van der Waals surface area contributed by atoms with Gasteiger partial charge in [0.15, 0.2) is 22.5 Å². The molecule has 22 heavy (non-hydrogen) atoms. The number of fused-ring (bicyclic) bond motifs is 1. The maximum absolute atomic E-state index is 5.41. The number of imidazole rings is 1. The molecule has 1 aromatic heterocycles. The Kier molecular flexibility index (Phi) is 4.62. The van der Waals surface area contributed by atoms with Gasteiger partial charge in [-0.1, -0.05) is 12.1 Å². The van der Waals surface area contributed by atoms with Gasteiger partial charge in [-0.05, 0) is 30.3 Å². The van der Waals surface area contributed by atoms with E-state index in [0.717, 1.165) is 22.9 Å². The summed E-state index contributed by atoms with van der Waals surface area (Å²) in [6, 6.07) is 14.4. The van der Waals surface area contributed by atoms with Crippen LogP contribution in [0.2, 0.25) is 0 Å². The summed E-state index contributed by atoms with van der Waals surface area (Å²) in [5.74, 6) is 2.60. The monoisotopic (exact) mass is 318 g/mol. The number of aromatic nitrogens is 2. The maximum Gasteiger partial charge on any atom is 0.289 e. The van der Waals surface area contributed by atoms with Crippen molar-refractivity contribution in [2.45, 2.75) is 0 Å². The quantitative estimate of drug-likeness (QED) is 0.620. The molecule has 0 spiro atoms. The highest BCUT2D eigenvalue weighted by Crippen LogP contribution is 2.32. The van der Waals surface area contributed by atoms with Gasteiger partial charge in [0.2, 0.25) is 0 Å². The van der Waals surface area contributed by atoms with Crippen molar-refractivity contribution in [2.24, 2.45) is 14.1 Å². The lowest BCUT2D eigenvalue weighted by molar-refractivity contribution is -0.634. The van der Waals surface area contributed by atoms with E-state index < -0.39 is 0 Å². The molecule has 0 bridgehead atoms. The summed E-state index contributed by atoms with van der Waals surface area (Å²) < 4.78 is 15.1. The largest absolute Gasteiger partial charge is 1.00 e. The van der Waals surface area contributed by atoms with Crippen molar-refractivity contribution in [3.05, 3.63) is 42.5 Å². The third-order valence-corrected chi connectivity index (χ3v) is 3.88. The van der Waals surface area contributed by atoms with Crippen LogP contribution in [0, 0.1) is 0 Å². The fourth-order valence-electron chi connectivity index (χ4n) is 2.85. The molecule has 3 rings (SSSR count). The second-order valence-corrected chi connectivity index (χ2v) is 5.00. The van der Waals surface area contributed by atoms with Crippen molar-refractivity contribution in [3.8, 4) is 22.9 Å². The van der Waals surface area contributed by atoms with Crippen LogP contribution in [0.25, 0.3) is 22.4 Å². The first-order valence-electron chi connectivity index (χ1n) is 6.83. The molecule has 0 radical (unpaired) electrons. The zero-order valence-corrected chi connectivity index (χ0v) is 13.9. The van der Waals surface area contributed by atoms with E-state index in [1.54, 1.807) is 14.2 Å². The molecular weight excluding hydrogens is 300 g/mol. The zero-order chi connectivity index (χ0) is 15.0. The molecule has 0 saturated carbocycles. The van der Waals surface area contributed by atoms with E-state index in [1.807, 2.05) is 12.1 Å². The highest BCUT2D eigenvalue weighted by Gasteiger charge is 2.22. The first kappa shape index (κ1) is 16.2. The first-order valence-corrected chi connectivity index (χ1v) is 6.83. The van der Waals surface area contributed by atoms with Crippen LogP contribution in [0.1, 0.15) is 0 Å². The minimum atomic E-state index is 0. The lowest BCUT2D eigenvalue weighted by Gasteiger charge is -2.08. The summed E-state index contributed by atoms with van der Waals surface area (Å²) >= 11 is 0. The van der Waals surface area contributed by atoms with E-state index in [-0.39, 0.29) is 12.4 Å². The molecule has 0 aliphatic rings. The van der Waals surface area contributed by atoms with Crippen LogP contribution in [-0.2, 0) is 14.1 Å². The van der Waals surface area contributed by atoms with Gasteiger partial charge in [0.25, 0.3) is 5.82 Å². The molecule has 0 amide bonds. The number of para-hydroxylation sites is 2. The summed E-state index contributed by atoms with van der Waals surface area (Å²) in [6.07, 6.45) is 0. The molecule has 0 saturated heterocycles. The lowest BCUT2D eigenvalue weighted by Crippen LogP contribution is -3.00. The van der Waals surface area contributed by atoms with Crippen LogP contribution in [-0.4, -0.2) is 18.8 Å². The van der Waals surface area contributed by atoms with E-state index >= 15 is 0 Å². The molecule has 0 fully saturated rings. The Morgan fingerprint density at radius 3 is 2.27 bits per heavy atom. The van der Waals surface area contributed by atoms with Crippen molar-refractivity contribution >= 4 is 11.0 Å². The second-order valence-electron chi connectivity index (χ2n) is 5.00. The molecule has 5 heteroatoms. The number of methoxy groups -OCH3 is 2. The molecule has 2 aromatic carbocycles. The topological polar surface area (TPSA) is 27.3 Å². The normalized spacial score (nSPS) is 10.4. The fourth-order valence-corrected chi connectivity index (χ4v) is 2.85. The molecule has 0 N–H and O–H groups in total. The number of halogens is 1. The first-order chi connectivity index (χ1) is 10.2. The van der Waals surface area contributed by atoms with Crippen molar-refractivity contribution in [2.75, 3.05) is 14.2 Å². The summed E-state index contributed by atoms with van der Waals surface area (Å²) in [5, 5.41) is 0. The molecular formula is C17H19ClN2O2. The average molecular weight is 319 g/mol. The van der Waals surface area contributed by atoms with Crippen LogP contribution < -0.4 is 26.4 Å². The fraction of sp³-hybridized carbons (Fsp3) is 0.235. The van der Waals surface area contributed by atoms with Crippen LogP contribution in [0.4, 0.5) is 0 Å². The third-order valence-electron chi connectivity index (χ3n) is 3.88. The van der Waals surface area contributed by atoms with Crippen LogP contribution in [0.5, 0.6) is 11.5 Å². The van der Waals surface area contributed by atoms with Gasteiger partial charge < -0.3 is 21.9 Å². The van der Waals surface area contributed by atoms with Crippen molar-refractivity contribution in [1.82, 2.24) is 4.57 Å². The number of ether oxygens (including phenoxy) is 2. The Morgan fingerprint density at radius 2 is 1.64 bits per heavy atom. The second kappa shape index (κ2) is 6.28. The molecule has 0 unspecified atom stereocenters. The maximum atomic E-state index is 5.41. The van der Waals surface area contributed by atoms with Crippen molar-refractivity contribution in [3.63, 3.8) is 0 Å². The van der Waals surface area contributed by atoms with Gasteiger partial charge in [-0.2, -0.15) is 0 Å². The minimum Gasteiger partial charge on any atom is -1.00 e. The summed E-state index contributed by atoms with van der Waals surface area (Å²) in [6.45, 7) is 0. The van der Waals surface area contributed by atoms with Crippen LogP contribution in [0.15, 0.2) is 42.5 Å². The number of aryl methyl sites for hydroxylation is 2. The van der Waals surface area contributed by atoms with E-state index in [4.69, 9.17) is 9.47 Å². The summed E-state index contributed by atoms with van der Waals surface area (Å²) in [5.41, 5.74) is 3.49. The minimum absolute atomic E-state index is 0. The van der Waals surface area contributed by atoms with Gasteiger partial charge >= 0.3 is 0 Å².